The van der Waals surface area contributed by atoms with Crippen LogP contribution < -0.4 is 5.32 Å². The van der Waals surface area contributed by atoms with Crippen LogP contribution in [0.3, 0.4) is 0 Å². The molecule has 1 aromatic rings. The van der Waals surface area contributed by atoms with Crippen molar-refractivity contribution in [3.05, 3.63) is 18.2 Å². The van der Waals surface area contributed by atoms with Gasteiger partial charge in [-0.2, -0.15) is 0 Å². The summed E-state index contributed by atoms with van der Waals surface area (Å²) in [5.41, 5.74) is 1.21. The standard InChI is InChI=1S/C11H19N3O/c1-14-9-13-7-10(14)6-12-8-11-4-2-3-5-15-11/h7,9,11-12H,2-6,8H2,1H3. The van der Waals surface area contributed by atoms with E-state index in [1.807, 2.05) is 24.1 Å². The summed E-state index contributed by atoms with van der Waals surface area (Å²) < 4.78 is 7.68. The molecule has 1 N–H and O–H groups in total. The van der Waals surface area contributed by atoms with E-state index >= 15 is 0 Å². The molecule has 0 spiro atoms. The van der Waals surface area contributed by atoms with Crippen LogP contribution in [0.15, 0.2) is 12.5 Å². The Morgan fingerprint density at radius 3 is 3.20 bits per heavy atom. The van der Waals surface area contributed by atoms with Gasteiger partial charge in [0.1, 0.15) is 0 Å². The number of nitrogens with one attached hydrogen (secondary N) is 1. The van der Waals surface area contributed by atoms with Crippen molar-refractivity contribution < 1.29 is 4.74 Å². The predicted molar refractivity (Wildman–Crippen MR) is 58.5 cm³/mol. The lowest BCUT2D eigenvalue weighted by atomic mass is 10.1. The lowest BCUT2D eigenvalue weighted by Crippen LogP contribution is -2.31. The van der Waals surface area contributed by atoms with Gasteiger partial charge in [0.15, 0.2) is 0 Å². The van der Waals surface area contributed by atoms with Gasteiger partial charge in [0.05, 0.1) is 18.1 Å². The number of imidazole rings is 1. The van der Waals surface area contributed by atoms with Gasteiger partial charge in [-0.05, 0) is 19.3 Å². The van der Waals surface area contributed by atoms with E-state index < -0.39 is 0 Å². The zero-order valence-electron chi connectivity index (χ0n) is 9.28. The van der Waals surface area contributed by atoms with Crippen molar-refractivity contribution in [2.45, 2.75) is 31.9 Å². The summed E-state index contributed by atoms with van der Waals surface area (Å²) in [5, 5.41) is 3.41. The number of hydrogen-bond donors (Lipinski definition) is 1. The smallest absolute Gasteiger partial charge is 0.0945 e. The molecule has 1 unspecified atom stereocenters. The van der Waals surface area contributed by atoms with Gasteiger partial charge in [-0.25, -0.2) is 4.98 Å². The molecule has 0 aromatic carbocycles. The van der Waals surface area contributed by atoms with E-state index in [0.29, 0.717) is 6.10 Å². The van der Waals surface area contributed by atoms with Gasteiger partial charge >= 0.3 is 0 Å². The van der Waals surface area contributed by atoms with Gasteiger partial charge in [0.25, 0.3) is 0 Å². The maximum atomic E-state index is 5.64. The minimum absolute atomic E-state index is 0.409. The number of nitrogens with zero attached hydrogens (tertiary/aromatic N) is 2. The Hall–Kier alpha value is -0.870. The fourth-order valence-corrected chi connectivity index (χ4v) is 1.88. The van der Waals surface area contributed by atoms with Crippen LogP contribution in [-0.2, 0) is 18.3 Å². The first-order valence-electron chi connectivity index (χ1n) is 5.64. The lowest BCUT2D eigenvalue weighted by molar-refractivity contribution is 0.0167. The van der Waals surface area contributed by atoms with Crippen LogP contribution in [0.4, 0.5) is 0 Å². The molecule has 4 nitrogen and oxygen atoms in total. The lowest BCUT2D eigenvalue weighted by Gasteiger charge is -2.22. The highest BCUT2D eigenvalue weighted by molar-refractivity contribution is 4.96. The second-order valence-electron chi connectivity index (χ2n) is 4.12. The first kappa shape index (κ1) is 10.6. The molecule has 0 saturated carbocycles. The van der Waals surface area contributed by atoms with Gasteiger partial charge in [-0.1, -0.05) is 0 Å². The molecular formula is C11H19N3O. The van der Waals surface area contributed by atoms with Crippen molar-refractivity contribution in [1.82, 2.24) is 14.9 Å². The van der Waals surface area contributed by atoms with Gasteiger partial charge < -0.3 is 14.6 Å². The molecular weight excluding hydrogens is 190 g/mol. The van der Waals surface area contributed by atoms with Crippen LogP contribution in [0.5, 0.6) is 0 Å². The van der Waals surface area contributed by atoms with E-state index in [0.717, 1.165) is 19.7 Å². The summed E-state index contributed by atoms with van der Waals surface area (Å²) in [5.74, 6) is 0. The molecule has 0 amide bonds. The first-order valence-corrected chi connectivity index (χ1v) is 5.64. The van der Waals surface area contributed by atoms with E-state index in [1.54, 1.807) is 0 Å². The average Bonchev–Trinajstić information content (AvgIpc) is 2.66. The molecule has 1 saturated heterocycles. The number of aryl methyl sites for hydroxylation is 1. The zero-order chi connectivity index (χ0) is 10.5. The van der Waals surface area contributed by atoms with Crippen molar-refractivity contribution >= 4 is 0 Å². The normalized spacial score (nSPS) is 21.8. The number of ether oxygens (including phenoxy) is 1. The quantitative estimate of drug-likeness (QED) is 0.806. The number of hydrogen-bond acceptors (Lipinski definition) is 3. The highest BCUT2D eigenvalue weighted by Gasteiger charge is 2.12. The fraction of sp³-hybridized carbons (Fsp3) is 0.727. The third kappa shape index (κ3) is 3.04. The summed E-state index contributed by atoms with van der Waals surface area (Å²) in [6, 6.07) is 0. The number of aromatic nitrogens is 2. The van der Waals surface area contributed by atoms with E-state index in [-0.39, 0.29) is 0 Å². The van der Waals surface area contributed by atoms with Crippen molar-refractivity contribution in [3.63, 3.8) is 0 Å². The van der Waals surface area contributed by atoms with E-state index in [9.17, 15) is 0 Å². The molecule has 0 bridgehead atoms. The molecule has 1 atom stereocenters. The van der Waals surface area contributed by atoms with E-state index in [4.69, 9.17) is 4.74 Å². The molecule has 0 aliphatic carbocycles. The topological polar surface area (TPSA) is 39.1 Å². The van der Waals surface area contributed by atoms with Crippen LogP contribution >= 0.6 is 0 Å². The summed E-state index contributed by atoms with van der Waals surface area (Å²) in [6.07, 6.45) is 7.85. The van der Waals surface area contributed by atoms with Crippen LogP contribution in [0.1, 0.15) is 25.0 Å². The Morgan fingerprint density at radius 1 is 1.60 bits per heavy atom. The molecule has 1 aliphatic heterocycles. The summed E-state index contributed by atoms with van der Waals surface area (Å²) in [4.78, 5) is 4.08. The van der Waals surface area contributed by atoms with Gasteiger partial charge in [-0.3, -0.25) is 0 Å². The van der Waals surface area contributed by atoms with Crippen molar-refractivity contribution in [2.75, 3.05) is 13.2 Å². The molecule has 4 heteroatoms. The maximum Gasteiger partial charge on any atom is 0.0945 e. The van der Waals surface area contributed by atoms with Crippen molar-refractivity contribution in [1.29, 1.82) is 0 Å². The van der Waals surface area contributed by atoms with Crippen molar-refractivity contribution in [3.8, 4) is 0 Å². The molecule has 1 aliphatic rings. The monoisotopic (exact) mass is 209 g/mol. The Morgan fingerprint density at radius 2 is 2.53 bits per heavy atom. The van der Waals surface area contributed by atoms with E-state index in [2.05, 4.69) is 10.3 Å². The maximum absolute atomic E-state index is 5.64. The molecule has 1 aromatic heterocycles. The molecule has 84 valence electrons. The molecule has 2 rings (SSSR count). The van der Waals surface area contributed by atoms with Gasteiger partial charge in [-0.15, -0.1) is 0 Å². The van der Waals surface area contributed by atoms with Crippen LogP contribution in [0.25, 0.3) is 0 Å². The largest absolute Gasteiger partial charge is 0.377 e. The minimum Gasteiger partial charge on any atom is -0.377 e. The minimum atomic E-state index is 0.409. The highest BCUT2D eigenvalue weighted by Crippen LogP contribution is 2.11. The Balaban J connectivity index is 1.68. The molecule has 1 fully saturated rings. The summed E-state index contributed by atoms with van der Waals surface area (Å²) in [7, 11) is 2.02. The zero-order valence-corrected chi connectivity index (χ0v) is 9.28. The van der Waals surface area contributed by atoms with Gasteiger partial charge in [0, 0.05) is 32.9 Å². The van der Waals surface area contributed by atoms with Crippen LogP contribution in [0.2, 0.25) is 0 Å². The second kappa shape index (κ2) is 5.28. The summed E-state index contributed by atoms with van der Waals surface area (Å²) in [6.45, 7) is 2.75. The first-order chi connectivity index (χ1) is 7.36. The third-order valence-corrected chi connectivity index (χ3v) is 2.87. The number of rotatable bonds is 4. The van der Waals surface area contributed by atoms with Crippen LogP contribution in [0, 0.1) is 0 Å². The molecule has 2 heterocycles. The second-order valence-corrected chi connectivity index (χ2v) is 4.12. The Labute approximate surface area is 90.6 Å². The highest BCUT2D eigenvalue weighted by atomic mass is 16.5. The molecule has 15 heavy (non-hydrogen) atoms. The molecule has 0 radical (unpaired) electrons. The SMILES string of the molecule is Cn1cncc1CNCC1CCCCO1. The average molecular weight is 209 g/mol. The predicted octanol–water partition coefficient (Wildman–Crippen LogP) is 1.08. The summed E-state index contributed by atoms with van der Waals surface area (Å²) >= 11 is 0. The van der Waals surface area contributed by atoms with Gasteiger partial charge in [0.2, 0.25) is 0 Å². The third-order valence-electron chi connectivity index (χ3n) is 2.87. The fourth-order valence-electron chi connectivity index (χ4n) is 1.88. The Kier molecular flexibility index (Phi) is 3.75. The van der Waals surface area contributed by atoms with Crippen LogP contribution in [-0.4, -0.2) is 28.8 Å². The van der Waals surface area contributed by atoms with E-state index in [1.165, 1.54) is 25.0 Å². The van der Waals surface area contributed by atoms with Crippen molar-refractivity contribution in [2.24, 2.45) is 7.05 Å². The Bertz CT molecular complexity index is 292.